The Balaban J connectivity index is 1.97. The van der Waals surface area contributed by atoms with Crippen molar-refractivity contribution in [2.75, 3.05) is 20.2 Å². The van der Waals surface area contributed by atoms with E-state index in [1.807, 2.05) is 48.4 Å². The largest absolute Gasteiger partial charge is 0.497 e. The van der Waals surface area contributed by atoms with Crippen molar-refractivity contribution in [2.24, 2.45) is 0 Å². The van der Waals surface area contributed by atoms with Crippen molar-refractivity contribution in [2.45, 2.75) is 26.7 Å². The smallest absolute Gasteiger partial charge is 0.222 e. The van der Waals surface area contributed by atoms with E-state index in [0.29, 0.717) is 12.8 Å². The van der Waals surface area contributed by atoms with Gasteiger partial charge in [0.25, 0.3) is 0 Å². The Morgan fingerprint density at radius 2 is 1.91 bits per heavy atom. The Morgan fingerprint density at radius 1 is 1.23 bits per heavy atom. The molecule has 1 aromatic heterocycles. The maximum absolute atomic E-state index is 12.0. The molecule has 0 aliphatic carbocycles. The van der Waals surface area contributed by atoms with Crippen LogP contribution in [-0.2, 0) is 11.2 Å². The fraction of sp³-hybridized carbons (Fsp3) is 0.412. The molecule has 118 valence electrons. The third-order valence-corrected chi connectivity index (χ3v) is 4.52. The number of amides is 1. The molecule has 0 fully saturated rings. The minimum absolute atomic E-state index is 0.200. The van der Waals surface area contributed by atoms with E-state index in [1.165, 1.54) is 0 Å². The number of thiazole rings is 1. The van der Waals surface area contributed by atoms with Gasteiger partial charge in [-0.2, -0.15) is 0 Å². The molecule has 1 heterocycles. The Morgan fingerprint density at radius 3 is 2.50 bits per heavy atom. The number of carbonyl (C=O) groups excluding carboxylic acids is 1. The molecular weight excluding hydrogens is 296 g/mol. The predicted molar refractivity (Wildman–Crippen MR) is 90.4 cm³/mol. The van der Waals surface area contributed by atoms with Crippen molar-refractivity contribution in [1.29, 1.82) is 0 Å². The minimum Gasteiger partial charge on any atom is -0.497 e. The maximum Gasteiger partial charge on any atom is 0.222 e. The summed E-state index contributed by atoms with van der Waals surface area (Å²) in [5.41, 5.74) is 2.02. The van der Waals surface area contributed by atoms with E-state index < -0.39 is 0 Å². The van der Waals surface area contributed by atoms with E-state index >= 15 is 0 Å². The molecule has 0 saturated carbocycles. The first-order valence-electron chi connectivity index (χ1n) is 7.54. The third kappa shape index (κ3) is 4.07. The molecule has 0 unspecified atom stereocenters. The normalized spacial score (nSPS) is 10.5. The van der Waals surface area contributed by atoms with Crippen LogP contribution in [-0.4, -0.2) is 36.0 Å². The molecule has 0 aliphatic heterocycles. The Labute approximate surface area is 135 Å². The second kappa shape index (κ2) is 7.94. The molecule has 0 bridgehead atoms. The SMILES string of the molecule is CCN(CC)C(=O)CCc1nc(-c2ccc(OC)cc2)cs1. The Bertz CT molecular complexity index is 603. The van der Waals surface area contributed by atoms with E-state index in [9.17, 15) is 4.79 Å². The zero-order valence-electron chi connectivity index (χ0n) is 13.3. The summed E-state index contributed by atoms with van der Waals surface area (Å²) in [4.78, 5) is 18.5. The number of nitrogens with zero attached hydrogens (tertiary/aromatic N) is 2. The van der Waals surface area contributed by atoms with Crippen molar-refractivity contribution in [3.05, 3.63) is 34.7 Å². The lowest BCUT2D eigenvalue weighted by Gasteiger charge is -2.17. The molecule has 22 heavy (non-hydrogen) atoms. The summed E-state index contributed by atoms with van der Waals surface area (Å²) in [5.74, 6) is 1.04. The average Bonchev–Trinajstić information content (AvgIpc) is 3.03. The van der Waals surface area contributed by atoms with Gasteiger partial charge in [0, 0.05) is 36.9 Å². The van der Waals surface area contributed by atoms with Gasteiger partial charge < -0.3 is 9.64 Å². The van der Waals surface area contributed by atoms with Crippen LogP contribution in [0.5, 0.6) is 5.75 Å². The van der Waals surface area contributed by atoms with E-state index in [4.69, 9.17) is 4.74 Å². The van der Waals surface area contributed by atoms with Crippen LogP contribution < -0.4 is 4.74 Å². The van der Waals surface area contributed by atoms with Crippen molar-refractivity contribution in [3.8, 4) is 17.0 Å². The number of hydrogen-bond acceptors (Lipinski definition) is 4. The van der Waals surface area contributed by atoms with Crippen LogP contribution in [0.2, 0.25) is 0 Å². The van der Waals surface area contributed by atoms with E-state index in [1.54, 1.807) is 18.4 Å². The van der Waals surface area contributed by atoms with Gasteiger partial charge in [0.1, 0.15) is 5.75 Å². The summed E-state index contributed by atoms with van der Waals surface area (Å²) in [6, 6.07) is 7.86. The highest BCUT2D eigenvalue weighted by Gasteiger charge is 2.11. The number of rotatable bonds is 7. The first-order chi connectivity index (χ1) is 10.7. The number of carbonyl (C=O) groups is 1. The van der Waals surface area contributed by atoms with E-state index in [2.05, 4.69) is 4.98 Å². The molecule has 0 aliphatic rings. The molecule has 5 heteroatoms. The summed E-state index contributed by atoms with van der Waals surface area (Å²) < 4.78 is 5.16. The molecule has 0 radical (unpaired) electrons. The summed E-state index contributed by atoms with van der Waals surface area (Å²) in [7, 11) is 1.66. The summed E-state index contributed by atoms with van der Waals surface area (Å²) in [5, 5.41) is 3.05. The van der Waals surface area contributed by atoms with Crippen LogP contribution in [0.3, 0.4) is 0 Å². The lowest BCUT2D eigenvalue weighted by molar-refractivity contribution is -0.130. The van der Waals surface area contributed by atoms with Gasteiger partial charge in [-0.15, -0.1) is 11.3 Å². The first-order valence-corrected chi connectivity index (χ1v) is 8.42. The van der Waals surface area contributed by atoms with Gasteiger partial charge in [-0.05, 0) is 38.1 Å². The Kier molecular flexibility index (Phi) is 5.95. The molecule has 1 amide bonds. The van der Waals surface area contributed by atoms with Gasteiger partial charge in [-0.3, -0.25) is 4.79 Å². The molecule has 0 spiro atoms. The highest BCUT2D eigenvalue weighted by Crippen LogP contribution is 2.24. The fourth-order valence-electron chi connectivity index (χ4n) is 2.27. The molecule has 1 aromatic carbocycles. The number of benzene rings is 1. The van der Waals surface area contributed by atoms with Crippen LogP contribution >= 0.6 is 11.3 Å². The van der Waals surface area contributed by atoms with Crippen LogP contribution in [0.15, 0.2) is 29.6 Å². The quantitative estimate of drug-likeness (QED) is 0.783. The molecule has 2 rings (SSSR count). The lowest BCUT2D eigenvalue weighted by Crippen LogP contribution is -2.30. The summed E-state index contributed by atoms with van der Waals surface area (Å²) in [6.45, 7) is 5.55. The van der Waals surface area contributed by atoms with Crippen molar-refractivity contribution < 1.29 is 9.53 Å². The summed E-state index contributed by atoms with van der Waals surface area (Å²) in [6.07, 6.45) is 1.23. The monoisotopic (exact) mass is 318 g/mol. The highest BCUT2D eigenvalue weighted by molar-refractivity contribution is 7.09. The fourth-order valence-corrected chi connectivity index (χ4v) is 3.08. The van der Waals surface area contributed by atoms with Crippen molar-refractivity contribution in [1.82, 2.24) is 9.88 Å². The van der Waals surface area contributed by atoms with Crippen molar-refractivity contribution in [3.63, 3.8) is 0 Å². The number of aryl methyl sites for hydroxylation is 1. The number of methoxy groups -OCH3 is 1. The van der Waals surface area contributed by atoms with Crippen LogP contribution in [0.1, 0.15) is 25.3 Å². The zero-order valence-corrected chi connectivity index (χ0v) is 14.2. The topological polar surface area (TPSA) is 42.4 Å². The van der Waals surface area contributed by atoms with Crippen LogP contribution in [0.4, 0.5) is 0 Å². The van der Waals surface area contributed by atoms with Gasteiger partial charge in [0.05, 0.1) is 17.8 Å². The van der Waals surface area contributed by atoms with Gasteiger partial charge in [0.15, 0.2) is 0 Å². The van der Waals surface area contributed by atoms with E-state index in [0.717, 1.165) is 35.1 Å². The second-order valence-electron chi connectivity index (χ2n) is 4.92. The average molecular weight is 318 g/mol. The minimum atomic E-state index is 0.200. The zero-order chi connectivity index (χ0) is 15.9. The van der Waals surface area contributed by atoms with Gasteiger partial charge in [-0.1, -0.05) is 0 Å². The van der Waals surface area contributed by atoms with Crippen LogP contribution in [0.25, 0.3) is 11.3 Å². The third-order valence-electron chi connectivity index (χ3n) is 3.61. The number of ether oxygens (including phenoxy) is 1. The predicted octanol–water partition coefficient (Wildman–Crippen LogP) is 3.62. The highest BCUT2D eigenvalue weighted by atomic mass is 32.1. The van der Waals surface area contributed by atoms with E-state index in [-0.39, 0.29) is 5.91 Å². The molecule has 0 atom stereocenters. The molecule has 2 aromatic rings. The first kappa shape index (κ1) is 16.5. The second-order valence-corrected chi connectivity index (χ2v) is 5.86. The molecular formula is C17H22N2O2S. The standard InChI is InChI=1S/C17H22N2O2S/c1-4-19(5-2)17(20)11-10-16-18-15(12-22-16)13-6-8-14(21-3)9-7-13/h6-9,12H,4-5,10-11H2,1-3H3. The maximum atomic E-state index is 12.0. The summed E-state index contributed by atoms with van der Waals surface area (Å²) >= 11 is 1.61. The molecule has 0 saturated heterocycles. The lowest BCUT2D eigenvalue weighted by atomic mass is 10.2. The Hall–Kier alpha value is -1.88. The number of aromatic nitrogens is 1. The molecule has 0 N–H and O–H groups in total. The van der Waals surface area contributed by atoms with Gasteiger partial charge >= 0.3 is 0 Å². The van der Waals surface area contributed by atoms with Gasteiger partial charge in [-0.25, -0.2) is 4.98 Å². The van der Waals surface area contributed by atoms with Gasteiger partial charge in [0.2, 0.25) is 5.91 Å². The van der Waals surface area contributed by atoms with Crippen LogP contribution in [0, 0.1) is 0 Å². The van der Waals surface area contributed by atoms with Crippen molar-refractivity contribution >= 4 is 17.2 Å². The number of hydrogen-bond donors (Lipinski definition) is 0. The molecule has 4 nitrogen and oxygen atoms in total.